The Balaban J connectivity index is 3.36. The lowest BCUT2D eigenvalue weighted by Crippen LogP contribution is -2.38. The first kappa shape index (κ1) is 29.1. The Labute approximate surface area is 185 Å². The van der Waals surface area contributed by atoms with E-state index in [1.165, 1.54) is 96.8 Å². The Kier molecular flexibility index (Phi) is 20.6. The molecule has 5 nitrogen and oxygen atoms in total. The molecule has 0 rings (SSSR count). The van der Waals surface area contributed by atoms with Crippen LogP contribution in [0.2, 0.25) is 0 Å². The monoisotopic (exact) mass is 428 g/mol. The first-order valence-corrected chi connectivity index (χ1v) is 12.5. The van der Waals surface area contributed by atoms with E-state index in [2.05, 4.69) is 6.92 Å². The van der Waals surface area contributed by atoms with E-state index in [9.17, 15) is 14.7 Å². The van der Waals surface area contributed by atoms with Crippen molar-refractivity contribution in [3.05, 3.63) is 0 Å². The van der Waals surface area contributed by atoms with Crippen LogP contribution in [-0.4, -0.2) is 40.8 Å². The predicted octanol–water partition coefficient (Wildman–Crippen LogP) is 5.88. The van der Waals surface area contributed by atoms with Crippen molar-refractivity contribution in [1.29, 1.82) is 0 Å². The maximum atomic E-state index is 11.7. The highest BCUT2D eigenvalue weighted by molar-refractivity contribution is 5.81. The van der Waals surface area contributed by atoms with E-state index in [4.69, 9.17) is 9.84 Å². The van der Waals surface area contributed by atoms with Gasteiger partial charge in [0.25, 0.3) is 0 Å². The molecule has 2 unspecified atom stereocenters. The normalized spacial score (nSPS) is 13.2. The summed E-state index contributed by atoms with van der Waals surface area (Å²) in [6.07, 6.45) is 19.5. The highest BCUT2D eigenvalue weighted by atomic mass is 16.6. The third-order valence-electron chi connectivity index (χ3n) is 5.72. The molecule has 0 heterocycles. The smallest absolute Gasteiger partial charge is 0.306 e. The van der Waals surface area contributed by atoms with Gasteiger partial charge in [-0.25, -0.2) is 0 Å². The average Bonchev–Trinajstić information content (AvgIpc) is 2.73. The lowest BCUT2D eigenvalue weighted by atomic mass is 10.0. The highest BCUT2D eigenvalue weighted by Gasteiger charge is 2.25. The molecule has 0 aliphatic carbocycles. The molecule has 0 radical (unpaired) electrons. The minimum absolute atomic E-state index is 0.264. The minimum atomic E-state index is -1.45. The third kappa shape index (κ3) is 17.9. The topological polar surface area (TPSA) is 83.8 Å². The largest absolute Gasteiger partial charge is 0.457 e. The Bertz CT molecular complexity index is 410. The number of hydrogen-bond acceptors (Lipinski definition) is 5. The number of aliphatic hydroxyl groups is 2. The van der Waals surface area contributed by atoms with E-state index in [0.717, 1.165) is 19.3 Å². The molecule has 178 valence electrons. The molecule has 0 aromatic rings. The molecular weight excluding hydrogens is 380 g/mol. The summed E-state index contributed by atoms with van der Waals surface area (Å²) in [4.78, 5) is 22.8. The summed E-state index contributed by atoms with van der Waals surface area (Å²) >= 11 is 0. The van der Waals surface area contributed by atoms with Crippen LogP contribution in [0.1, 0.15) is 129 Å². The summed E-state index contributed by atoms with van der Waals surface area (Å²) in [5.41, 5.74) is 0. The molecule has 0 bridgehead atoms. The quantitative estimate of drug-likeness (QED) is 0.166. The number of carbonyl (C=O) groups excluding carboxylic acids is 2. The van der Waals surface area contributed by atoms with E-state index >= 15 is 0 Å². The fraction of sp³-hybridized carbons (Fsp3) is 0.920. The molecule has 0 saturated carbocycles. The first-order valence-electron chi connectivity index (χ1n) is 12.5. The zero-order valence-electron chi connectivity index (χ0n) is 19.7. The number of carbonyl (C=O) groups is 2. The number of unbranched alkanes of at least 4 members (excludes halogenated alkanes) is 16. The van der Waals surface area contributed by atoms with Crippen LogP contribution in [0.5, 0.6) is 0 Å². The first-order chi connectivity index (χ1) is 14.5. The molecule has 0 saturated heterocycles. The molecule has 0 aliphatic rings. The molecule has 0 aromatic heterocycles. The Morgan fingerprint density at radius 2 is 1.07 bits per heavy atom. The fourth-order valence-electron chi connectivity index (χ4n) is 3.69. The number of Topliss-reactive ketones (excluding diaryl/α,β-unsaturated/α-hetero) is 1. The Morgan fingerprint density at radius 3 is 1.40 bits per heavy atom. The summed E-state index contributed by atoms with van der Waals surface area (Å²) in [6, 6.07) is 0. The molecule has 5 heteroatoms. The summed E-state index contributed by atoms with van der Waals surface area (Å²) in [7, 11) is 0. The maximum Gasteiger partial charge on any atom is 0.306 e. The number of ketones is 1. The minimum Gasteiger partial charge on any atom is -0.457 e. The van der Waals surface area contributed by atoms with Crippen LogP contribution in [0.3, 0.4) is 0 Å². The molecule has 2 N–H and O–H groups in total. The number of esters is 1. The summed E-state index contributed by atoms with van der Waals surface area (Å²) in [6.45, 7) is 2.92. The van der Waals surface area contributed by atoms with Crippen LogP contribution in [0.25, 0.3) is 0 Å². The zero-order chi connectivity index (χ0) is 22.5. The maximum absolute atomic E-state index is 11.7. The van der Waals surface area contributed by atoms with Crippen molar-refractivity contribution < 1.29 is 24.5 Å². The van der Waals surface area contributed by atoms with Crippen molar-refractivity contribution in [2.24, 2.45) is 0 Å². The summed E-state index contributed by atoms with van der Waals surface area (Å²) in [5, 5.41) is 18.7. The lowest BCUT2D eigenvalue weighted by molar-refractivity contribution is -0.160. The van der Waals surface area contributed by atoms with Gasteiger partial charge in [0.05, 0.1) is 6.61 Å². The van der Waals surface area contributed by atoms with Gasteiger partial charge in [0.15, 0.2) is 18.0 Å². The van der Waals surface area contributed by atoms with E-state index in [1.54, 1.807) is 0 Å². The Morgan fingerprint density at radius 1 is 0.700 bits per heavy atom. The lowest BCUT2D eigenvalue weighted by Gasteiger charge is -2.19. The number of hydrogen-bond donors (Lipinski definition) is 2. The number of aliphatic hydroxyl groups excluding tert-OH is 2. The van der Waals surface area contributed by atoms with Crippen molar-refractivity contribution in [3.63, 3.8) is 0 Å². The SMILES string of the molecule is CCCCCCCCCCCCCCCCCCCC(=O)OC(CO)C(O)C(C)=O. The molecule has 30 heavy (non-hydrogen) atoms. The predicted molar refractivity (Wildman–Crippen MR) is 122 cm³/mol. The van der Waals surface area contributed by atoms with Crippen LogP contribution in [-0.2, 0) is 14.3 Å². The van der Waals surface area contributed by atoms with Crippen molar-refractivity contribution >= 4 is 11.8 Å². The van der Waals surface area contributed by atoms with Gasteiger partial charge in [0.1, 0.15) is 0 Å². The van der Waals surface area contributed by atoms with Gasteiger partial charge in [-0.3, -0.25) is 9.59 Å². The van der Waals surface area contributed by atoms with E-state index in [0.29, 0.717) is 0 Å². The van der Waals surface area contributed by atoms with Gasteiger partial charge in [0, 0.05) is 6.42 Å². The molecule has 2 atom stereocenters. The van der Waals surface area contributed by atoms with Crippen molar-refractivity contribution in [3.8, 4) is 0 Å². The average molecular weight is 429 g/mol. The zero-order valence-corrected chi connectivity index (χ0v) is 19.7. The number of rotatable bonds is 22. The van der Waals surface area contributed by atoms with Gasteiger partial charge >= 0.3 is 5.97 Å². The van der Waals surface area contributed by atoms with Gasteiger partial charge < -0.3 is 14.9 Å². The van der Waals surface area contributed by atoms with Crippen molar-refractivity contribution in [2.75, 3.05) is 6.61 Å². The second-order valence-electron chi connectivity index (χ2n) is 8.67. The van der Waals surface area contributed by atoms with Gasteiger partial charge in [-0.05, 0) is 13.3 Å². The number of ether oxygens (including phenoxy) is 1. The van der Waals surface area contributed by atoms with E-state index in [1.807, 2.05) is 0 Å². The van der Waals surface area contributed by atoms with Gasteiger partial charge in [-0.1, -0.05) is 110 Å². The second kappa shape index (κ2) is 21.3. The van der Waals surface area contributed by atoms with Crippen LogP contribution in [0.15, 0.2) is 0 Å². The van der Waals surface area contributed by atoms with Gasteiger partial charge in [-0.2, -0.15) is 0 Å². The summed E-state index contributed by atoms with van der Waals surface area (Å²) in [5.74, 6) is -0.977. The standard InChI is InChI=1S/C25H48O5/c1-3-4-5-6-7-8-9-10-11-12-13-14-15-16-17-18-19-20-24(28)30-23(21-26)25(29)22(2)27/h23,25-26,29H,3-21H2,1-2H3. The molecule has 0 aliphatic heterocycles. The van der Waals surface area contributed by atoms with E-state index < -0.39 is 30.6 Å². The van der Waals surface area contributed by atoms with E-state index in [-0.39, 0.29) is 6.42 Å². The molecule has 0 aromatic carbocycles. The second-order valence-corrected chi connectivity index (χ2v) is 8.67. The van der Waals surface area contributed by atoms with Crippen LogP contribution in [0, 0.1) is 0 Å². The third-order valence-corrected chi connectivity index (χ3v) is 5.72. The van der Waals surface area contributed by atoms with Crippen LogP contribution >= 0.6 is 0 Å². The molecule has 0 amide bonds. The molecular formula is C25H48O5. The van der Waals surface area contributed by atoms with Crippen molar-refractivity contribution in [2.45, 2.75) is 142 Å². The molecule has 0 spiro atoms. The Hall–Kier alpha value is -0.940. The summed E-state index contributed by atoms with van der Waals surface area (Å²) < 4.78 is 4.99. The van der Waals surface area contributed by atoms with Gasteiger partial charge in [0.2, 0.25) is 0 Å². The van der Waals surface area contributed by atoms with Crippen LogP contribution in [0.4, 0.5) is 0 Å². The molecule has 0 fully saturated rings. The van der Waals surface area contributed by atoms with Crippen LogP contribution < -0.4 is 0 Å². The fourth-order valence-corrected chi connectivity index (χ4v) is 3.69. The van der Waals surface area contributed by atoms with Crippen molar-refractivity contribution in [1.82, 2.24) is 0 Å². The van der Waals surface area contributed by atoms with Gasteiger partial charge in [-0.15, -0.1) is 0 Å². The highest BCUT2D eigenvalue weighted by Crippen LogP contribution is 2.14.